The first kappa shape index (κ1) is 21.1. The number of piperidine rings is 1. The molecule has 31 heavy (non-hydrogen) atoms. The fraction of sp³-hybridized carbons (Fsp3) is 0.360. The normalized spacial score (nSPS) is 16.9. The number of benzene rings is 2. The van der Waals surface area contributed by atoms with E-state index in [9.17, 15) is 9.59 Å². The zero-order valence-electron chi connectivity index (χ0n) is 18.1. The highest BCUT2D eigenvalue weighted by Gasteiger charge is 2.24. The van der Waals surface area contributed by atoms with Crippen LogP contribution in [0.2, 0.25) is 0 Å². The number of hydrogen-bond acceptors (Lipinski definition) is 4. The molecular formula is C25H29N3O3. The molecule has 1 fully saturated rings. The Balaban J connectivity index is 1.48. The van der Waals surface area contributed by atoms with Crippen molar-refractivity contribution in [1.82, 2.24) is 10.2 Å². The van der Waals surface area contributed by atoms with Crippen molar-refractivity contribution in [3.8, 4) is 0 Å². The molecule has 1 atom stereocenters. The average molecular weight is 420 g/mol. The molecular weight excluding hydrogens is 390 g/mol. The van der Waals surface area contributed by atoms with Gasteiger partial charge in [-0.25, -0.2) is 9.59 Å². The molecule has 162 valence electrons. The van der Waals surface area contributed by atoms with E-state index in [-0.39, 0.29) is 17.7 Å². The zero-order chi connectivity index (χ0) is 21.8. The van der Waals surface area contributed by atoms with Crippen LogP contribution in [0, 0.1) is 13.8 Å². The van der Waals surface area contributed by atoms with E-state index in [1.807, 2.05) is 50.2 Å². The van der Waals surface area contributed by atoms with Crippen LogP contribution >= 0.6 is 0 Å². The number of carbonyl (C=O) groups excluding carboxylic acids is 1. The van der Waals surface area contributed by atoms with E-state index in [1.165, 1.54) is 0 Å². The molecule has 1 aliphatic heterocycles. The minimum absolute atomic E-state index is 0.200. The van der Waals surface area contributed by atoms with Gasteiger partial charge >= 0.3 is 11.7 Å². The quantitative estimate of drug-likeness (QED) is 0.594. The summed E-state index contributed by atoms with van der Waals surface area (Å²) in [7, 11) is 0. The Morgan fingerprint density at radius 3 is 2.74 bits per heavy atom. The van der Waals surface area contributed by atoms with Gasteiger partial charge in [0, 0.05) is 36.3 Å². The third-order valence-corrected chi connectivity index (χ3v) is 6.17. The second-order valence-corrected chi connectivity index (χ2v) is 8.30. The molecule has 4 rings (SSSR count). The molecule has 1 unspecified atom stereocenters. The van der Waals surface area contributed by atoms with Crippen molar-refractivity contribution in [1.29, 1.82) is 0 Å². The average Bonchev–Trinajstić information content (AvgIpc) is 2.77. The van der Waals surface area contributed by atoms with E-state index in [4.69, 9.17) is 4.42 Å². The summed E-state index contributed by atoms with van der Waals surface area (Å²) in [6, 6.07) is 15.2. The standard InChI is InChI=1S/C25H29N3O3/c1-17-11-12-22-19(14-23(29)31-24(22)18(17)2)16-28-13-7-6-10-21(28)15-26-25(30)27-20-8-4-3-5-9-20/h3-5,8-9,11-12,14,21H,6-7,10,13,15-16H2,1-2H3,(H2,26,27,30). The number of rotatable bonds is 5. The van der Waals surface area contributed by atoms with E-state index >= 15 is 0 Å². The van der Waals surface area contributed by atoms with Crippen LogP contribution in [0.3, 0.4) is 0 Å². The van der Waals surface area contributed by atoms with E-state index < -0.39 is 0 Å². The maximum absolute atomic E-state index is 12.3. The van der Waals surface area contributed by atoms with Crippen LogP contribution in [0.15, 0.2) is 57.7 Å². The Morgan fingerprint density at radius 1 is 1.13 bits per heavy atom. The predicted molar refractivity (Wildman–Crippen MR) is 123 cm³/mol. The lowest BCUT2D eigenvalue weighted by Crippen LogP contribution is -2.47. The van der Waals surface area contributed by atoms with Crippen LogP contribution < -0.4 is 16.3 Å². The number of aryl methyl sites for hydroxylation is 2. The summed E-state index contributed by atoms with van der Waals surface area (Å²) in [4.78, 5) is 26.9. The topological polar surface area (TPSA) is 74.6 Å². The summed E-state index contributed by atoms with van der Waals surface area (Å²) < 4.78 is 5.53. The van der Waals surface area contributed by atoms with Crippen molar-refractivity contribution in [3.05, 3.63) is 75.6 Å². The van der Waals surface area contributed by atoms with E-state index in [2.05, 4.69) is 21.6 Å². The van der Waals surface area contributed by atoms with Crippen LogP contribution in [0.5, 0.6) is 0 Å². The second-order valence-electron chi connectivity index (χ2n) is 8.30. The number of nitrogens with one attached hydrogen (secondary N) is 2. The molecule has 0 spiro atoms. The molecule has 6 heteroatoms. The van der Waals surface area contributed by atoms with E-state index in [0.29, 0.717) is 18.7 Å². The Labute approximate surface area is 182 Å². The number of hydrogen-bond donors (Lipinski definition) is 2. The van der Waals surface area contributed by atoms with Crippen molar-refractivity contribution >= 4 is 22.7 Å². The Bertz CT molecular complexity index is 1120. The van der Waals surface area contributed by atoms with Gasteiger partial charge in [0.1, 0.15) is 5.58 Å². The first-order chi connectivity index (χ1) is 15.0. The van der Waals surface area contributed by atoms with Crippen molar-refractivity contribution in [2.75, 3.05) is 18.4 Å². The first-order valence-electron chi connectivity index (χ1n) is 10.9. The number of para-hydroxylation sites is 1. The van der Waals surface area contributed by atoms with Crippen molar-refractivity contribution < 1.29 is 9.21 Å². The summed E-state index contributed by atoms with van der Waals surface area (Å²) in [5.41, 5.74) is 4.23. The SMILES string of the molecule is Cc1ccc2c(CN3CCCCC3CNC(=O)Nc3ccccc3)cc(=O)oc2c1C. The third-order valence-electron chi connectivity index (χ3n) is 6.17. The minimum atomic E-state index is -0.315. The van der Waals surface area contributed by atoms with Crippen molar-refractivity contribution in [2.24, 2.45) is 0 Å². The third kappa shape index (κ3) is 4.97. The maximum atomic E-state index is 12.3. The van der Waals surface area contributed by atoms with E-state index in [0.717, 1.165) is 53.6 Å². The van der Waals surface area contributed by atoms with Gasteiger partial charge in [-0.15, -0.1) is 0 Å². The lowest BCUT2D eigenvalue weighted by molar-refractivity contribution is 0.139. The van der Waals surface area contributed by atoms with Crippen molar-refractivity contribution in [3.63, 3.8) is 0 Å². The van der Waals surface area contributed by atoms with Crippen molar-refractivity contribution in [2.45, 2.75) is 45.7 Å². The first-order valence-corrected chi connectivity index (χ1v) is 10.9. The Morgan fingerprint density at radius 2 is 1.94 bits per heavy atom. The number of nitrogens with zero attached hydrogens (tertiary/aromatic N) is 1. The highest BCUT2D eigenvalue weighted by atomic mass is 16.4. The highest BCUT2D eigenvalue weighted by molar-refractivity contribution is 5.89. The van der Waals surface area contributed by atoms with Crippen LogP contribution in [-0.2, 0) is 6.54 Å². The molecule has 0 bridgehead atoms. The largest absolute Gasteiger partial charge is 0.422 e. The fourth-order valence-corrected chi connectivity index (χ4v) is 4.28. The molecule has 0 aliphatic carbocycles. The number of likely N-dealkylation sites (tertiary alicyclic amines) is 1. The molecule has 6 nitrogen and oxygen atoms in total. The van der Waals surface area contributed by atoms with Gasteiger partial charge in [0.25, 0.3) is 0 Å². The summed E-state index contributed by atoms with van der Waals surface area (Å²) in [5.74, 6) is 0. The minimum Gasteiger partial charge on any atom is -0.422 e. The van der Waals surface area contributed by atoms with Gasteiger partial charge in [-0.1, -0.05) is 36.8 Å². The van der Waals surface area contributed by atoms with Crippen LogP contribution in [-0.4, -0.2) is 30.1 Å². The number of amides is 2. The molecule has 1 saturated heterocycles. The van der Waals surface area contributed by atoms with Gasteiger partial charge in [0.2, 0.25) is 0 Å². The number of fused-ring (bicyclic) bond motifs is 1. The number of anilines is 1. The fourth-order valence-electron chi connectivity index (χ4n) is 4.28. The highest BCUT2D eigenvalue weighted by Crippen LogP contribution is 2.26. The molecule has 2 aromatic carbocycles. The predicted octanol–water partition coefficient (Wildman–Crippen LogP) is 4.59. The molecule has 2 N–H and O–H groups in total. The van der Waals surface area contributed by atoms with Gasteiger partial charge in [0.05, 0.1) is 0 Å². The smallest absolute Gasteiger partial charge is 0.336 e. The van der Waals surface area contributed by atoms with Gasteiger partial charge in [-0.05, 0) is 62.1 Å². The van der Waals surface area contributed by atoms with Crippen LogP contribution in [0.25, 0.3) is 11.0 Å². The Hall–Kier alpha value is -3.12. The summed E-state index contributed by atoms with van der Waals surface area (Å²) in [5, 5.41) is 6.86. The van der Waals surface area contributed by atoms with Gasteiger partial charge < -0.3 is 15.1 Å². The van der Waals surface area contributed by atoms with Gasteiger partial charge in [-0.2, -0.15) is 0 Å². The molecule has 2 amide bonds. The molecule has 2 heterocycles. The second kappa shape index (κ2) is 9.35. The summed E-state index contributed by atoms with van der Waals surface area (Å²) in [6.45, 7) is 6.18. The summed E-state index contributed by atoms with van der Waals surface area (Å²) in [6.07, 6.45) is 3.27. The van der Waals surface area contributed by atoms with Crippen LogP contribution in [0.1, 0.15) is 36.0 Å². The molecule has 1 aromatic heterocycles. The number of urea groups is 1. The van der Waals surface area contributed by atoms with Gasteiger partial charge in [-0.3, -0.25) is 4.90 Å². The molecule has 3 aromatic rings. The monoisotopic (exact) mass is 419 g/mol. The molecule has 1 aliphatic rings. The number of carbonyl (C=O) groups is 1. The molecule has 0 saturated carbocycles. The maximum Gasteiger partial charge on any atom is 0.336 e. The van der Waals surface area contributed by atoms with Crippen LogP contribution in [0.4, 0.5) is 10.5 Å². The lowest BCUT2D eigenvalue weighted by Gasteiger charge is -2.36. The van der Waals surface area contributed by atoms with Gasteiger partial charge in [0.15, 0.2) is 0 Å². The van der Waals surface area contributed by atoms with E-state index in [1.54, 1.807) is 6.07 Å². The molecule has 0 radical (unpaired) electrons. The summed E-state index contributed by atoms with van der Waals surface area (Å²) >= 11 is 0. The Kier molecular flexibility index (Phi) is 6.37. The zero-order valence-corrected chi connectivity index (χ0v) is 18.1. The lowest BCUT2D eigenvalue weighted by atomic mass is 9.99.